The number of rotatable bonds is 5. The molecule has 5 heteroatoms. The Labute approximate surface area is 100 Å². The van der Waals surface area contributed by atoms with E-state index < -0.39 is 0 Å². The second-order valence-electron chi connectivity index (χ2n) is 3.59. The average Bonchev–Trinajstić information content (AvgIpc) is 2.79. The van der Waals surface area contributed by atoms with Crippen LogP contribution in [0.4, 0.5) is 0 Å². The van der Waals surface area contributed by atoms with Crippen LogP contribution in [-0.4, -0.2) is 28.6 Å². The van der Waals surface area contributed by atoms with E-state index in [-0.39, 0.29) is 0 Å². The summed E-state index contributed by atoms with van der Waals surface area (Å²) in [5, 5.41) is 11.1. The first-order valence-corrected chi connectivity index (χ1v) is 5.62. The summed E-state index contributed by atoms with van der Waals surface area (Å²) in [5.41, 5.74) is 2.01. The topological polar surface area (TPSA) is 52.0 Å². The maximum atomic E-state index is 5.40. The van der Waals surface area contributed by atoms with E-state index in [9.17, 15) is 0 Å². The van der Waals surface area contributed by atoms with Gasteiger partial charge < -0.3 is 10.1 Å². The summed E-state index contributed by atoms with van der Waals surface area (Å²) in [4.78, 5) is 0. The summed E-state index contributed by atoms with van der Waals surface area (Å²) < 4.78 is 7.21. The Morgan fingerprint density at radius 3 is 2.71 bits per heavy atom. The van der Waals surface area contributed by atoms with Gasteiger partial charge in [0.2, 0.25) is 0 Å². The second-order valence-corrected chi connectivity index (χ2v) is 3.59. The fourth-order valence-corrected chi connectivity index (χ4v) is 1.63. The summed E-state index contributed by atoms with van der Waals surface area (Å²) >= 11 is 0. The highest BCUT2D eigenvalue weighted by Crippen LogP contribution is 2.15. The van der Waals surface area contributed by atoms with Crippen molar-refractivity contribution in [1.82, 2.24) is 20.3 Å². The van der Waals surface area contributed by atoms with Crippen molar-refractivity contribution in [3.05, 3.63) is 36.2 Å². The van der Waals surface area contributed by atoms with E-state index in [1.807, 2.05) is 42.9 Å². The van der Waals surface area contributed by atoms with Crippen LogP contribution < -0.4 is 10.1 Å². The molecule has 0 fully saturated rings. The summed E-state index contributed by atoms with van der Waals surface area (Å²) in [6, 6.07) is 7.81. The molecule has 1 heterocycles. The number of benzene rings is 1. The minimum absolute atomic E-state index is 0.674. The molecule has 0 aliphatic heterocycles. The van der Waals surface area contributed by atoms with E-state index in [0.29, 0.717) is 6.61 Å². The summed E-state index contributed by atoms with van der Waals surface area (Å²) in [5.74, 6) is 0.867. The molecule has 2 rings (SSSR count). The Kier molecular flexibility index (Phi) is 3.72. The number of hydrogen-bond donors (Lipinski definition) is 1. The van der Waals surface area contributed by atoms with Crippen molar-refractivity contribution in [2.24, 2.45) is 0 Å². The van der Waals surface area contributed by atoms with E-state index in [1.165, 1.54) is 0 Å². The fraction of sp³-hybridized carbons (Fsp3) is 0.333. The van der Waals surface area contributed by atoms with Crippen molar-refractivity contribution >= 4 is 0 Å². The minimum Gasteiger partial charge on any atom is -0.494 e. The zero-order valence-corrected chi connectivity index (χ0v) is 10.1. The van der Waals surface area contributed by atoms with Gasteiger partial charge in [0, 0.05) is 6.54 Å². The highest BCUT2D eigenvalue weighted by atomic mass is 16.5. The first-order valence-electron chi connectivity index (χ1n) is 5.62. The first-order chi connectivity index (χ1) is 8.35. The van der Waals surface area contributed by atoms with Crippen LogP contribution in [-0.2, 0) is 6.54 Å². The molecule has 0 atom stereocenters. The Hall–Kier alpha value is -1.88. The summed E-state index contributed by atoms with van der Waals surface area (Å²) in [6.45, 7) is 3.38. The van der Waals surface area contributed by atoms with E-state index in [1.54, 1.807) is 6.20 Å². The average molecular weight is 232 g/mol. The fourth-order valence-electron chi connectivity index (χ4n) is 1.63. The van der Waals surface area contributed by atoms with E-state index in [2.05, 4.69) is 15.6 Å². The molecule has 1 N–H and O–H groups in total. The molecular formula is C12H16N4O. The van der Waals surface area contributed by atoms with Gasteiger partial charge in [0.15, 0.2) is 0 Å². The number of nitrogens with one attached hydrogen (secondary N) is 1. The molecule has 90 valence electrons. The normalized spacial score (nSPS) is 10.5. The number of aromatic nitrogens is 3. The molecular weight excluding hydrogens is 216 g/mol. The molecule has 0 amide bonds. The van der Waals surface area contributed by atoms with E-state index in [4.69, 9.17) is 4.74 Å². The van der Waals surface area contributed by atoms with Gasteiger partial charge in [0.25, 0.3) is 0 Å². The number of ether oxygens (including phenoxy) is 1. The zero-order chi connectivity index (χ0) is 12.1. The Bertz CT molecular complexity index is 464. The molecule has 0 aliphatic carbocycles. The largest absolute Gasteiger partial charge is 0.494 e. The van der Waals surface area contributed by atoms with E-state index in [0.717, 1.165) is 23.7 Å². The third-order valence-corrected chi connectivity index (χ3v) is 2.37. The lowest BCUT2D eigenvalue weighted by molar-refractivity contribution is 0.340. The van der Waals surface area contributed by atoms with Crippen LogP contribution >= 0.6 is 0 Å². The van der Waals surface area contributed by atoms with Crippen molar-refractivity contribution in [2.45, 2.75) is 13.5 Å². The smallest absolute Gasteiger partial charge is 0.119 e. The first kappa shape index (κ1) is 11.6. The molecule has 0 radical (unpaired) electrons. The molecule has 1 aromatic carbocycles. The highest BCUT2D eigenvalue weighted by Gasteiger charge is 2.05. The molecule has 5 nitrogen and oxygen atoms in total. The van der Waals surface area contributed by atoms with Crippen LogP contribution in [0, 0.1) is 0 Å². The van der Waals surface area contributed by atoms with Crippen LogP contribution in [0.3, 0.4) is 0 Å². The molecule has 2 aromatic rings. The van der Waals surface area contributed by atoms with Gasteiger partial charge in [-0.05, 0) is 38.2 Å². The molecule has 0 bridgehead atoms. The van der Waals surface area contributed by atoms with Gasteiger partial charge in [-0.3, -0.25) is 0 Å². The maximum absolute atomic E-state index is 5.40. The predicted octanol–water partition coefficient (Wildman–Crippen LogP) is 1.39. The van der Waals surface area contributed by atoms with Gasteiger partial charge >= 0.3 is 0 Å². The molecule has 0 saturated carbocycles. The second kappa shape index (κ2) is 5.45. The molecule has 17 heavy (non-hydrogen) atoms. The highest BCUT2D eigenvalue weighted by molar-refractivity contribution is 5.37. The SMILES string of the molecule is CCOc1ccc(-n2nncc2CNC)cc1. The lowest BCUT2D eigenvalue weighted by atomic mass is 10.3. The van der Waals surface area contributed by atoms with Crippen molar-refractivity contribution in [2.75, 3.05) is 13.7 Å². The monoisotopic (exact) mass is 232 g/mol. The molecule has 0 spiro atoms. The Morgan fingerprint density at radius 1 is 1.29 bits per heavy atom. The van der Waals surface area contributed by atoms with Crippen molar-refractivity contribution < 1.29 is 4.74 Å². The summed E-state index contributed by atoms with van der Waals surface area (Å²) in [6.07, 6.45) is 1.76. The third kappa shape index (κ3) is 2.62. The van der Waals surface area contributed by atoms with Crippen LogP contribution in [0.1, 0.15) is 12.6 Å². The Morgan fingerprint density at radius 2 is 2.06 bits per heavy atom. The van der Waals surface area contributed by atoms with Crippen LogP contribution in [0.5, 0.6) is 5.75 Å². The van der Waals surface area contributed by atoms with Crippen LogP contribution in [0.25, 0.3) is 5.69 Å². The lowest BCUT2D eigenvalue weighted by Crippen LogP contribution is -2.10. The van der Waals surface area contributed by atoms with Gasteiger partial charge in [0.05, 0.1) is 24.2 Å². The van der Waals surface area contributed by atoms with Gasteiger partial charge in [-0.25, -0.2) is 4.68 Å². The third-order valence-electron chi connectivity index (χ3n) is 2.37. The van der Waals surface area contributed by atoms with Crippen molar-refractivity contribution in [3.63, 3.8) is 0 Å². The Balaban J connectivity index is 2.23. The van der Waals surface area contributed by atoms with Crippen molar-refractivity contribution in [1.29, 1.82) is 0 Å². The standard InChI is InChI=1S/C12H16N4O/c1-3-17-12-6-4-10(5-7-12)16-11(8-13-2)9-14-15-16/h4-7,9,13H,3,8H2,1-2H3. The molecule has 0 unspecified atom stereocenters. The van der Waals surface area contributed by atoms with E-state index >= 15 is 0 Å². The van der Waals surface area contributed by atoms with Gasteiger partial charge in [-0.15, -0.1) is 5.10 Å². The minimum atomic E-state index is 0.674. The quantitative estimate of drug-likeness (QED) is 0.846. The molecule has 0 aliphatic rings. The molecule has 1 aromatic heterocycles. The number of nitrogens with zero attached hydrogens (tertiary/aromatic N) is 3. The number of hydrogen-bond acceptors (Lipinski definition) is 4. The zero-order valence-electron chi connectivity index (χ0n) is 10.1. The maximum Gasteiger partial charge on any atom is 0.119 e. The molecule has 0 saturated heterocycles. The lowest BCUT2D eigenvalue weighted by Gasteiger charge is -2.07. The summed E-state index contributed by atoms with van der Waals surface area (Å²) in [7, 11) is 1.90. The predicted molar refractivity (Wildman–Crippen MR) is 65.3 cm³/mol. The van der Waals surface area contributed by atoms with Gasteiger partial charge in [0.1, 0.15) is 5.75 Å². The van der Waals surface area contributed by atoms with Crippen molar-refractivity contribution in [3.8, 4) is 11.4 Å². The van der Waals surface area contributed by atoms with Gasteiger partial charge in [-0.2, -0.15) is 0 Å². The van der Waals surface area contributed by atoms with Crippen LogP contribution in [0.15, 0.2) is 30.5 Å². The van der Waals surface area contributed by atoms with Crippen LogP contribution in [0.2, 0.25) is 0 Å². The van der Waals surface area contributed by atoms with Gasteiger partial charge in [-0.1, -0.05) is 5.21 Å².